The van der Waals surface area contributed by atoms with E-state index < -0.39 is 6.29 Å². The van der Waals surface area contributed by atoms with Gasteiger partial charge in [0.2, 0.25) is 0 Å². The predicted octanol–water partition coefficient (Wildman–Crippen LogP) is 2.39. The lowest BCUT2D eigenvalue weighted by atomic mass is 10.0. The molecule has 22 heavy (non-hydrogen) atoms. The highest BCUT2D eigenvalue weighted by Crippen LogP contribution is 2.39. The molecule has 1 aromatic heterocycles. The molecule has 6 heteroatoms. The number of nitrogen functional groups attached to an aromatic ring is 1. The Morgan fingerprint density at radius 1 is 1.14 bits per heavy atom. The first kappa shape index (κ1) is 14.6. The molecule has 0 saturated carbocycles. The van der Waals surface area contributed by atoms with E-state index in [1.165, 1.54) is 0 Å². The van der Waals surface area contributed by atoms with E-state index in [2.05, 4.69) is 4.98 Å². The van der Waals surface area contributed by atoms with E-state index in [0.717, 1.165) is 11.1 Å². The molecule has 0 atom stereocenters. The van der Waals surface area contributed by atoms with Gasteiger partial charge >= 0.3 is 0 Å². The lowest BCUT2D eigenvalue weighted by Crippen LogP contribution is -2.04. The van der Waals surface area contributed by atoms with Gasteiger partial charge in [-0.3, -0.25) is 4.98 Å². The van der Waals surface area contributed by atoms with Gasteiger partial charge < -0.3 is 24.7 Å². The zero-order valence-corrected chi connectivity index (χ0v) is 12.5. The number of hydrogen-bond donors (Lipinski definition) is 1. The third kappa shape index (κ3) is 2.58. The molecule has 0 amide bonds. The summed E-state index contributed by atoms with van der Waals surface area (Å²) in [5.41, 5.74) is 9.03. The number of pyridine rings is 1. The molecule has 116 valence electrons. The second kappa shape index (κ2) is 6.21. The van der Waals surface area contributed by atoms with Crippen molar-refractivity contribution in [1.82, 2.24) is 4.98 Å². The van der Waals surface area contributed by atoms with Crippen molar-refractivity contribution in [2.75, 3.05) is 33.2 Å². The van der Waals surface area contributed by atoms with Gasteiger partial charge in [-0.1, -0.05) is 6.07 Å². The number of benzene rings is 1. The van der Waals surface area contributed by atoms with E-state index in [0.29, 0.717) is 36.1 Å². The van der Waals surface area contributed by atoms with Gasteiger partial charge in [-0.2, -0.15) is 0 Å². The highest BCUT2D eigenvalue weighted by molar-refractivity contribution is 5.79. The summed E-state index contributed by atoms with van der Waals surface area (Å²) in [5.74, 6) is 1.17. The van der Waals surface area contributed by atoms with Crippen molar-refractivity contribution in [2.45, 2.75) is 6.29 Å². The van der Waals surface area contributed by atoms with Crippen LogP contribution < -0.4 is 15.2 Å². The number of methoxy groups -OCH3 is 2. The number of nitrogens with two attached hydrogens (primary N) is 1. The first-order valence-electron chi connectivity index (χ1n) is 6.94. The van der Waals surface area contributed by atoms with Crippen molar-refractivity contribution in [3.05, 3.63) is 36.0 Å². The molecule has 0 radical (unpaired) electrons. The summed E-state index contributed by atoms with van der Waals surface area (Å²) in [6, 6.07) is 7.31. The molecule has 0 aliphatic carbocycles. The number of rotatable bonds is 4. The number of anilines is 1. The molecular formula is C16H18N2O4. The fraction of sp³-hybridized carbons (Fsp3) is 0.312. The van der Waals surface area contributed by atoms with E-state index in [9.17, 15) is 0 Å². The minimum atomic E-state index is -0.420. The maximum atomic E-state index is 6.16. The summed E-state index contributed by atoms with van der Waals surface area (Å²) in [4.78, 5) is 4.45. The molecule has 6 nitrogen and oxygen atoms in total. The Balaban J connectivity index is 2.11. The third-order valence-corrected chi connectivity index (χ3v) is 3.53. The van der Waals surface area contributed by atoms with E-state index in [1.54, 1.807) is 26.5 Å². The maximum Gasteiger partial charge on any atom is 0.186 e. The average Bonchev–Trinajstić information content (AvgIpc) is 3.09. The average molecular weight is 302 g/mol. The van der Waals surface area contributed by atoms with Crippen LogP contribution in [0.4, 0.5) is 5.69 Å². The van der Waals surface area contributed by atoms with Crippen LogP contribution in [0.2, 0.25) is 0 Å². The second-order valence-electron chi connectivity index (χ2n) is 4.81. The molecule has 1 saturated heterocycles. The summed E-state index contributed by atoms with van der Waals surface area (Å²) in [7, 11) is 3.16. The molecule has 1 aliphatic heterocycles. The van der Waals surface area contributed by atoms with Crippen LogP contribution in [0.5, 0.6) is 11.5 Å². The van der Waals surface area contributed by atoms with E-state index in [4.69, 9.17) is 24.7 Å². The van der Waals surface area contributed by atoms with Crippen LogP contribution in [0, 0.1) is 0 Å². The van der Waals surface area contributed by atoms with Crippen LogP contribution in [0.1, 0.15) is 11.9 Å². The lowest BCUT2D eigenvalue weighted by Gasteiger charge is -2.17. The molecule has 0 bridgehead atoms. The van der Waals surface area contributed by atoms with Crippen LogP contribution in [-0.2, 0) is 9.47 Å². The molecule has 1 aliphatic rings. The quantitative estimate of drug-likeness (QED) is 0.874. The van der Waals surface area contributed by atoms with Gasteiger partial charge in [0.05, 0.1) is 33.1 Å². The first-order chi connectivity index (χ1) is 10.7. The molecule has 0 unspecified atom stereocenters. The largest absolute Gasteiger partial charge is 0.493 e. The van der Waals surface area contributed by atoms with E-state index in [-0.39, 0.29) is 0 Å². The minimum Gasteiger partial charge on any atom is -0.493 e. The standard InChI is InChI=1S/C16H18N2O4/c1-19-13-8-11(12(17)9-14(13)20-2)15-10(4-3-5-18-15)16-21-6-7-22-16/h3-5,8-9,16H,6-7,17H2,1-2H3. The third-order valence-electron chi connectivity index (χ3n) is 3.53. The van der Waals surface area contributed by atoms with Crippen molar-refractivity contribution < 1.29 is 18.9 Å². The number of nitrogens with zero attached hydrogens (tertiary/aromatic N) is 1. The van der Waals surface area contributed by atoms with E-state index >= 15 is 0 Å². The number of ether oxygens (including phenoxy) is 4. The molecule has 2 N–H and O–H groups in total. The summed E-state index contributed by atoms with van der Waals surface area (Å²) in [5, 5.41) is 0. The first-order valence-corrected chi connectivity index (χ1v) is 6.94. The Morgan fingerprint density at radius 3 is 2.50 bits per heavy atom. The zero-order chi connectivity index (χ0) is 15.5. The highest BCUT2D eigenvalue weighted by Gasteiger charge is 2.24. The molecule has 2 heterocycles. The van der Waals surface area contributed by atoms with Gasteiger partial charge in [0, 0.05) is 29.1 Å². The molecule has 1 aromatic carbocycles. The van der Waals surface area contributed by atoms with Gasteiger partial charge in [0.15, 0.2) is 17.8 Å². The van der Waals surface area contributed by atoms with Gasteiger partial charge in [-0.05, 0) is 12.1 Å². The van der Waals surface area contributed by atoms with Crippen molar-refractivity contribution in [1.29, 1.82) is 0 Å². The molecule has 0 spiro atoms. The highest BCUT2D eigenvalue weighted by atomic mass is 16.7. The van der Waals surface area contributed by atoms with Crippen molar-refractivity contribution in [3.63, 3.8) is 0 Å². The fourth-order valence-electron chi connectivity index (χ4n) is 2.47. The smallest absolute Gasteiger partial charge is 0.186 e. The van der Waals surface area contributed by atoms with Crippen LogP contribution in [0.15, 0.2) is 30.5 Å². The van der Waals surface area contributed by atoms with Crippen LogP contribution in [-0.4, -0.2) is 32.4 Å². The molecule has 2 aromatic rings. The number of hydrogen-bond acceptors (Lipinski definition) is 6. The van der Waals surface area contributed by atoms with Crippen LogP contribution in [0.3, 0.4) is 0 Å². The Hall–Kier alpha value is -2.31. The normalized spacial score (nSPS) is 15.0. The molecular weight excluding hydrogens is 284 g/mol. The maximum absolute atomic E-state index is 6.16. The number of aromatic nitrogens is 1. The van der Waals surface area contributed by atoms with Crippen molar-refractivity contribution in [2.24, 2.45) is 0 Å². The Labute approximate surface area is 128 Å². The summed E-state index contributed by atoms with van der Waals surface area (Å²) >= 11 is 0. The van der Waals surface area contributed by atoms with Crippen LogP contribution >= 0.6 is 0 Å². The monoisotopic (exact) mass is 302 g/mol. The Morgan fingerprint density at radius 2 is 1.82 bits per heavy atom. The Kier molecular flexibility index (Phi) is 4.13. The molecule has 3 rings (SSSR count). The zero-order valence-electron chi connectivity index (χ0n) is 12.5. The SMILES string of the molecule is COc1cc(N)c(-c2ncccc2C2OCCO2)cc1OC. The Bertz CT molecular complexity index is 669. The van der Waals surface area contributed by atoms with E-state index in [1.807, 2.05) is 18.2 Å². The topological polar surface area (TPSA) is 75.8 Å². The minimum absolute atomic E-state index is 0.420. The van der Waals surface area contributed by atoms with Crippen molar-refractivity contribution in [3.8, 4) is 22.8 Å². The van der Waals surface area contributed by atoms with Crippen molar-refractivity contribution >= 4 is 5.69 Å². The van der Waals surface area contributed by atoms with Gasteiger partial charge in [0.25, 0.3) is 0 Å². The second-order valence-corrected chi connectivity index (χ2v) is 4.81. The molecule has 1 fully saturated rings. The fourth-order valence-corrected chi connectivity index (χ4v) is 2.47. The van der Waals surface area contributed by atoms with Crippen LogP contribution in [0.25, 0.3) is 11.3 Å². The van der Waals surface area contributed by atoms with Gasteiger partial charge in [-0.25, -0.2) is 0 Å². The van der Waals surface area contributed by atoms with Gasteiger partial charge in [0.1, 0.15) is 0 Å². The van der Waals surface area contributed by atoms with Gasteiger partial charge in [-0.15, -0.1) is 0 Å². The summed E-state index contributed by atoms with van der Waals surface area (Å²) in [6.07, 6.45) is 1.29. The lowest BCUT2D eigenvalue weighted by molar-refractivity contribution is -0.0438. The predicted molar refractivity (Wildman–Crippen MR) is 81.8 cm³/mol. The summed E-state index contributed by atoms with van der Waals surface area (Å²) < 4.78 is 21.8. The summed E-state index contributed by atoms with van der Waals surface area (Å²) in [6.45, 7) is 1.14.